The van der Waals surface area contributed by atoms with Gasteiger partial charge in [-0.1, -0.05) is 109 Å². The molecule has 0 aliphatic carbocycles. The fourth-order valence-corrected chi connectivity index (χ4v) is 8.59. The summed E-state index contributed by atoms with van der Waals surface area (Å²) in [5, 5.41) is 7.05. The predicted molar refractivity (Wildman–Crippen MR) is 211 cm³/mol. The molecule has 0 unspecified atom stereocenters. The van der Waals surface area contributed by atoms with E-state index in [2.05, 4.69) is 132 Å². The minimum absolute atomic E-state index is 0.571. The molecule has 4 aromatic heterocycles. The normalized spacial score (nSPS) is 11.9. The maximum Gasteiger partial charge on any atom is 0.238 e. The maximum atomic E-state index is 6.57. The fraction of sp³-hybridized carbons (Fsp3) is 0. The second-order valence-electron chi connectivity index (χ2n) is 12.9. The standard InChI is InChI=1S/C45H26N4OS/c1-2-10-27(11-3-1)43-46-44(48-45(47-43)49-37-15-7-4-12-31(37)32-13-5-8-16-38(32)49)30-20-22-34-33-21-18-28(24-39(33)50-40(34)25-30)29-19-23-36-35-14-6-9-17-41(35)51-42(36)26-29/h1-26H. The van der Waals surface area contributed by atoms with E-state index in [4.69, 9.17) is 19.4 Å². The van der Waals surface area contributed by atoms with Gasteiger partial charge in [0.1, 0.15) is 11.2 Å². The van der Waals surface area contributed by atoms with E-state index in [0.717, 1.165) is 60.4 Å². The van der Waals surface area contributed by atoms with Gasteiger partial charge in [0.25, 0.3) is 0 Å². The first-order valence-corrected chi connectivity index (χ1v) is 17.8. The first-order valence-electron chi connectivity index (χ1n) is 16.9. The molecule has 5 nitrogen and oxygen atoms in total. The molecule has 51 heavy (non-hydrogen) atoms. The van der Waals surface area contributed by atoms with E-state index in [0.29, 0.717) is 17.6 Å². The van der Waals surface area contributed by atoms with Crippen LogP contribution in [-0.2, 0) is 0 Å². The minimum atomic E-state index is 0.571. The fourth-order valence-electron chi connectivity index (χ4n) is 7.45. The van der Waals surface area contributed by atoms with Gasteiger partial charge in [-0.2, -0.15) is 9.97 Å². The SMILES string of the molecule is c1ccc(-c2nc(-c3ccc4c(c3)oc3cc(-c5ccc6c(c5)sc5ccccc56)ccc34)nc(-n3c4ccccc4c4ccccc43)n2)cc1. The van der Waals surface area contributed by atoms with Crippen molar-refractivity contribution in [1.29, 1.82) is 0 Å². The smallest absolute Gasteiger partial charge is 0.238 e. The molecule has 0 aliphatic rings. The van der Waals surface area contributed by atoms with Gasteiger partial charge in [0.2, 0.25) is 5.95 Å². The van der Waals surface area contributed by atoms with Crippen LogP contribution in [0.2, 0.25) is 0 Å². The maximum absolute atomic E-state index is 6.57. The molecular weight excluding hydrogens is 645 g/mol. The van der Waals surface area contributed by atoms with Gasteiger partial charge < -0.3 is 4.42 Å². The molecule has 7 aromatic carbocycles. The van der Waals surface area contributed by atoms with Crippen LogP contribution in [0.3, 0.4) is 0 Å². The van der Waals surface area contributed by atoms with E-state index in [1.54, 1.807) is 0 Å². The first kappa shape index (κ1) is 28.2. The van der Waals surface area contributed by atoms with Gasteiger partial charge >= 0.3 is 0 Å². The summed E-state index contributed by atoms with van der Waals surface area (Å²) in [6.45, 7) is 0. The average Bonchev–Trinajstić information content (AvgIpc) is 3.86. The zero-order chi connectivity index (χ0) is 33.5. The number of aromatic nitrogens is 4. The van der Waals surface area contributed by atoms with Crippen molar-refractivity contribution in [3.63, 3.8) is 0 Å². The molecule has 11 rings (SSSR count). The Morgan fingerprint density at radius 2 is 0.922 bits per heavy atom. The van der Waals surface area contributed by atoms with Crippen LogP contribution in [-0.4, -0.2) is 19.5 Å². The van der Waals surface area contributed by atoms with Crippen molar-refractivity contribution in [3.8, 4) is 39.9 Å². The Kier molecular flexibility index (Phi) is 6.05. The van der Waals surface area contributed by atoms with Crippen molar-refractivity contribution < 1.29 is 4.42 Å². The van der Waals surface area contributed by atoms with Crippen LogP contribution in [0.5, 0.6) is 0 Å². The quantitative estimate of drug-likeness (QED) is 0.187. The van der Waals surface area contributed by atoms with Crippen molar-refractivity contribution in [2.45, 2.75) is 0 Å². The molecule has 0 bridgehead atoms. The summed E-state index contributed by atoms with van der Waals surface area (Å²) in [4.78, 5) is 15.2. The summed E-state index contributed by atoms with van der Waals surface area (Å²) in [7, 11) is 0. The van der Waals surface area contributed by atoms with Crippen LogP contribution in [0.15, 0.2) is 162 Å². The molecule has 0 aliphatic heterocycles. The van der Waals surface area contributed by atoms with E-state index in [9.17, 15) is 0 Å². The predicted octanol–water partition coefficient (Wildman–Crippen LogP) is 12.2. The van der Waals surface area contributed by atoms with E-state index < -0.39 is 0 Å². The highest BCUT2D eigenvalue weighted by molar-refractivity contribution is 7.25. The van der Waals surface area contributed by atoms with Crippen LogP contribution in [0, 0.1) is 0 Å². The Bertz CT molecular complexity index is 3100. The third-order valence-electron chi connectivity index (χ3n) is 9.88. The van der Waals surface area contributed by atoms with Crippen LogP contribution in [0.1, 0.15) is 0 Å². The van der Waals surface area contributed by atoms with E-state index in [-0.39, 0.29) is 0 Å². The number of nitrogens with zero attached hydrogens (tertiary/aromatic N) is 4. The average molecular weight is 671 g/mol. The van der Waals surface area contributed by atoms with Gasteiger partial charge in [0.05, 0.1) is 11.0 Å². The Labute approximate surface area is 295 Å². The Hall–Kier alpha value is -6.63. The third-order valence-corrected chi connectivity index (χ3v) is 11.0. The van der Waals surface area contributed by atoms with Crippen molar-refractivity contribution in [2.75, 3.05) is 0 Å². The highest BCUT2D eigenvalue weighted by Crippen LogP contribution is 2.39. The Morgan fingerprint density at radius 3 is 1.65 bits per heavy atom. The molecule has 4 heterocycles. The largest absolute Gasteiger partial charge is 0.456 e. The number of fused-ring (bicyclic) bond motifs is 9. The Balaban J connectivity index is 1.05. The van der Waals surface area contributed by atoms with E-state index >= 15 is 0 Å². The van der Waals surface area contributed by atoms with E-state index in [1.165, 1.54) is 25.7 Å². The molecule has 0 N–H and O–H groups in total. The molecular formula is C45H26N4OS. The molecule has 6 heteroatoms. The molecule has 0 radical (unpaired) electrons. The van der Waals surface area contributed by atoms with Crippen LogP contribution >= 0.6 is 11.3 Å². The lowest BCUT2D eigenvalue weighted by Crippen LogP contribution is -2.06. The van der Waals surface area contributed by atoms with Crippen LogP contribution in [0.25, 0.3) is 104 Å². The van der Waals surface area contributed by atoms with Gasteiger partial charge in [-0.25, -0.2) is 4.98 Å². The first-order chi connectivity index (χ1) is 25.2. The number of rotatable bonds is 4. The topological polar surface area (TPSA) is 56.7 Å². The number of hydrogen-bond acceptors (Lipinski definition) is 5. The summed E-state index contributed by atoms with van der Waals surface area (Å²) in [6.07, 6.45) is 0. The minimum Gasteiger partial charge on any atom is -0.456 e. The van der Waals surface area contributed by atoms with Crippen molar-refractivity contribution in [2.24, 2.45) is 0 Å². The third kappa shape index (κ3) is 4.43. The molecule has 0 saturated heterocycles. The summed E-state index contributed by atoms with van der Waals surface area (Å²) in [5.41, 5.74) is 7.82. The number of benzene rings is 7. The lowest BCUT2D eigenvalue weighted by atomic mass is 10.0. The molecule has 238 valence electrons. The molecule has 0 saturated carbocycles. The summed E-state index contributed by atoms with van der Waals surface area (Å²) in [5.74, 6) is 1.77. The zero-order valence-corrected chi connectivity index (χ0v) is 27.9. The highest BCUT2D eigenvalue weighted by Gasteiger charge is 2.18. The van der Waals surface area contributed by atoms with Crippen LogP contribution in [0.4, 0.5) is 0 Å². The second kappa shape index (κ2) is 10.9. The van der Waals surface area contributed by atoms with Gasteiger partial charge in [-0.15, -0.1) is 11.3 Å². The monoisotopic (exact) mass is 670 g/mol. The lowest BCUT2D eigenvalue weighted by Gasteiger charge is -2.10. The number of thiophene rings is 1. The summed E-state index contributed by atoms with van der Waals surface area (Å²) < 4.78 is 11.3. The molecule has 0 fully saturated rings. The van der Waals surface area contributed by atoms with Gasteiger partial charge in [0.15, 0.2) is 11.6 Å². The van der Waals surface area contributed by atoms with Gasteiger partial charge in [-0.05, 0) is 59.7 Å². The second-order valence-corrected chi connectivity index (χ2v) is 13.9. The van der Waals surface area contributed by atoms with Crippen molar-refractivity contribution in [3.05, 3.63) is 158 Å². The number of para-hydroxylation sites is 2. The van der Waals surface area contributed by atoms with Crippen LogP contribution < -0.4 is 0 Å². The molecule has 11 aromatic rings. The van der Waals surface area contributed by atoms with Crippen molar-refractivity contribution >= 4 is 75.3 Å². The van der Waals surface area contributed by atoms with Crippen molar-refractivity contribution in [1.82, 2.24) is 19.5 Å². The Morgan fingerprint density at radius 1 is 0.392 bits per heavy atom. The van der Waals surface area contributed by atoms with E-state index in [1.807, 2.05) is 41.7 Å². The highest BCUT2D eigenvalue weighted by atomic mass is 32.1. The van der Waals surface area contributed by atoms with Gasteiger partial charge in [0, 0.05) is 52.8 Å². The molecule has 0 atom stereocenters. The number of hydrogen-bond donors (Lipinski definition) is 0. The zero-order valence-electron chi connectivity index (χ0n) is 27.1. The summed E-state index contributed by atoms with van der Waals surface area (Å²) >= 11 is 1.84. The lowest BCUT2D eigenvalue weighted by molar-refractivity contribution is 0.669. The van der Waals surface area contributed by atoms with Gasteiger partial charge in [-0.3, -0.25) is 4.57 Å². The number of furan rings is 1. The molecule has 0 spiro atoms. The molecule has 0 amide bonds. The summed E-state index contributed by atoms with van der Waals surface area (Å²) in [6, 6.07) is 55.0.